The number of benzene rings is 2. The zero-order valence-corrected chi connectivity index (χ0v) is 19.5. The van der Waals surface area contributed by atoms with Crippen LogP contribution in [0.3, 0.4) is 0 Å². The largest absolute Gasteiger partial charge is 0.466 e. The average molecular weight is 478 g/mol. The number of cyclic esters (lactones) is 1. The number of carbonyl (C=O) groups is 4. The lowest BCUT2D eigenvalue weighted by atomic mass is 9.96. The van der Waals surface area contributed by atoms with Crippen molar-refractivity contribution < 1.29 is 28.7 Å². The number of esters is 1. The Bertz CT molecular complexity index is 1120. The van der Waals surface area contributed by atoms with Crippen LogP contribution in [0, 0.1) is 5.92 Å². The van der Waals surface area contributed by atoms with Crippen molar-refractivity contribution in [3.63, 3.8) is 0 Å². The number of ether oxygens (including phenoxy) is 2. The molecule has 3 aliphatic rings. The molecule has 0 aliphatic carbocycles. The monoisotopic (exact) mass is 477 g/mol. The summed E-state index contributed by atoms with van der Waals surface area (Å²) in [5, 5.41) is 0. The Labute approximate surface area is 203 Å². The molecule has 0 N–H and O–H groups in total. The maximum absolute atomic E-state index is 12.6. The van der Waals surface area contributed by atoms with E-state index in [-0.39, 0.29) is 36.8 Å². The van der Waals surface area contributed by atoms with Gasteiger partial charge in [-0.3, -0.25) is 24.2 Å². The molecule has 182 valence electrons. The Morgan fingerprint density at radius 3 is 2.14 bits per heavy atom. The van der Waals surface area contributed by atoms with Crippen molar-refractivity contribution in [2.45, 2.75) is 25.9 Å². The van der Waals surface area contributed by atoms with Gasteiger partial charge in [0.15, 0.2) is 0 Å². The number of anilines is 2. The lowest BCUT2D eigenvalue weighted by molar-refractivity contribution is -0.148. The van der Waals surface area contributed by atoms with Crippen molar-refractivity contribution >= 4 is 35.3 Å². The van der Waals surface area contributed by atoms with E-state index in [1.165, 1.54) is 4.90 Å². The van der Waals surface area contributed by atoms with Gasteiger partial charge in [-0.05, 0) is 56.2 Å². The molecule has 3 heterocycles. The molecule has 5 rings (SSSR count). The minimum Gasteiger partial charge on any atom is -0.466 e. The Morgan fingerprint density at radius 2 is 1.54 bits per heavy atom. The Kier molecular flexibility index (Phi) is 6.15. The van der Waals surface area contributed by atoms with E-state index in [2.05, 4.69) is 4.90 Å². The highest BCUT2D eigenvalue weighted by atomic mass is 16.6. The molecule has 0 bridgehead atoms. The molecule has 2 aromatic carbocycles. The van der Waals surface area contributed by atoms with Crippen LogP contribution in [0.25, 0.3) is 0 Å². The van der Waals surface area contributed by atoms with E-state index in [0.29, 0.717) is 23.4 Å². The molecule has 2 fully saturated rings. The Morgan fingerprint density at radius 1 is 0.943 bits per heavy atom. The van der Waals surface area contributed by atoms with Crippen LogP contribution in [0.15, 0.2) is 48.5 Å². The number of amides is 3. The molecule has 3 amide bonds. The highest BCUT2D eigenvalue weighted by Crippen LogP contribution is 2.29. The van der Waals surface area contributed by atoms with E-state index in [1.807, 2.05) is 31.2 Å². The molecule has 0 radical (unpaired) electrons. The molecule has 3 aliphatic heterocycles. The fourth-order valence-electron chi connectivity index (χ4n) is 4.91. The third-order valence-electron chi connectivity index (χ3n) is 6.78. The van der Waals surface area contributed by atoms with Crippen LogP contribution in [-0.2, 0) is 14.3 Å². The molecule has 0 saturated carbocycles. The Hall–Kier alpha value is -3.88. The molecule has 9 nitrogen and oxygen atoms in total. The summed E-state index contributed by atoms with van der Waals surface area (Å²) >= 11 is 0. The second kappa shape index (κ2) is 9.40. The van der Waals surface area contributed by atoms with Crippen LogP contribution in [-0.4, -0.2) is 67.7 Å². The van der Waals surface area contributed by atoms with Crippen LogP contribution in [0.1, 0.15) is 40.5 Å². The van der Waals surface area contributed by atoms with Gasteiger partial charge < -0.3 is 14.4 Å². The molecule has 9 heteroatoms. The molecule has 35 heavy (non-hydrogen) atoms. The van der Waals surface area contributed by atoms with Gasteiger partial charge >= 0.3 is 12.1 Å². The topological polar surface area (TPSA) is 96.5 Å². The molecular weight excluding hydrogens is 450 g/mol. The third-order valence-corrected chi connectivity index (χ3v) is 6.78. The van der Waals surface area contributed by atoms with E-state index < -0.39 is 12.2 Å². The fourth-order valence-corrected chi connectivity index (χ4v) is 4.91. The number of piperidine rings is 1. The van der Waals surface area contributed by atoms with Crippen LogP contribution >= 0.6 is 0 Å². The van der Waals surface area contributed by atoms with Crippen LogP contribution in [0.2, 0.25) is 0 Å². The zero-order valence-electron chi connectivity index (χ0n) is 19.5. The van der Waals surface area contributed by atoms with Gasteiger partial charge in [-0.25, -0.2) is 4.79 Å². The summed E-state index contributed by atoms with van der Waals surface area (Å²) in [6.07, 6.45) is 0.387. The lowest BCUT2D eigenvalue weighted by Gasteiger charge is -2.32. The van der Waals surface area contributed by atoms with E-state index in [1.54, 1.807) is 24.3 Å². The SMILES string of the molecule is CCOC(=O)C1CCN(c2ccc(N3C[C@H](CN4C(=O)c5ccccc5C4=O)OC3=O)cc2)CC1. The van der Waals surface area contributed by atoms with Gasteiger partial charge in [0.2, 0.25) is 0 Å². The standard InChI is InChI=1S/C26H27N3O6/c1-2-34-25(32)17-11-13-27(14-12-17)18-7-9-19(10-8-18)28-15-20(35-26(28)33)16-29-23(30)21-5-3-4-6-22(21)24(29)31/h3-10,17,20H,2,11-16H2,1H3/t20-/m1/s1. The predicted octanol–water partition coefficient (Wildman–Crippen LogP) is 3.09. The summed E-state index contributed by atoms with van der Waals surface area (Å²) < 4.78 is 10.6. The van der Waals surface area contributed by atoms with E-state index >= 15 is 0 Å². The van der Waals surface area contributed by atoms with Crippen molar-refractivity contribution in [1.82, 2.24) is 4.90 Å². The molecular formula is C26H27N3O6. The summed E-state index contributed by atoms with van der Waals surface area (Å²) in [5.74, 6) is -0.901. The van der Waals surface area contributed by atoms with Crippen LogP contribution in [0.4, 0.5) is 16.2 Å². The quantitative estimate of drug-likeness (QED) is 0.466. The molecule has 0 unspecified atom stereocenters. The van der Waals surface area contributed by atoms with Crippen molar-refractivity contribution in [3.05, 3.63) is 59.7 Å². The van der Waals surface area contributed by atoms with Crippen molar-refractivity contribution in [3.8, 4) is 0 Å². The summed E-state index contributed by atoms with van der Waals surface area (Å²) in [4.78, 5) is 54.6. The number of carbonyl (C=O) groups excluding carboxylic acids is 4. The highest BCUT2D eigenvalue weighted by Gasteiger charge is 2.40. The summed E-state index contributed by atoms with van der Waals surface area (Å²) in [5.41, 5.74) is 2.46. The van der Waals surface area contributed by atoms with Gasteiger partial charge in [0.05, 0.1) is 36.7 Å². The lowest BCUT2D eigenvalue weighted by Crippen LogP contribution is -2.38. The average Bonchev–Trinajstić information content (AvgIpc) is 3.37. The van der Waals surface area contributed by atoms with Crippen molar-refractivity contribution in [1.29, 1.82) is 0 Å². The number of nitrogens with zero attached hydrogens (tertiary/aromatic N) is 3. The maximum Gasteiger partial charge on any atom is 0.414 e. The molecule has 1 atom stereocenters. The maximum atomic E-state index is 12.6. The number of fused-ring (bicyclic) bond motifs is 1. The number of hydrogen-bond donors (Lipinski definition) is 0. The smallest absolute Gasteiger partial charge is 0.414 e. The normalized spacial score (nSPS) is 20.3. The zero-order chi connectivity index (χ0) is 24.5. The Balaban J connectivity index is 1.19. The first-order valence-electron chi connectivity index (χ1n) is 11.9. The van der Waals surface area contributed by atoms with Gasteiger partial charge in [-0.2, -0.15) is 0 Å². The first-order valence-corrected chi connectivity index (χ1v) is 11.9. The van der Waals surface area contributed by atoms with Gasteiger partial charge in [0.1, 0.15) is 6.10 Å². The summed E-state index contributed by atoms with van der Waals surface area (Å²) in [6.45, 7) is 4.00. The van der Waals surface area contributed by atoms with Gasteiger partial charge in [-0.1, -0.05) is 12.1 Å². The molecule has 0 spiro atoms. The second-order valence-electron chi connectivity index (χ2n) is 8.91. The van der Waals surface area contributed by atoms with Crippen LogP contribution < -0.4 is 9.80 Å². The fraction of sp³-hybridized carbons (Fsp3) is 0.385. The number of imide groups is 1. The first-order chi connectivity index (χ1) is 17.0. The summed E-state index contributed by atoms with van der Waals surface area (Å²) in [7, 11) is 0. The second-order valence-corrected chi connectivity index (χ2v) is 8.91. The number of rotatable bonds is 6. The highest BCUT2D eigenvalue weighted by molar-refractivity contribution is 6.21. The minimum absolute atomic E-state index is 0.0160. The van der Waals surface area contributed by atoms with E-state index in [0.717, 1.165) is 36.5 Å². The van der Waals surface area contributed by atoms with Crippen molar-refractivity contribution in [2.75, 3.05) is 42.6 Å². The molecule has 0 aromatic heterocycles. The van der Waals surface area contributed by atoms with E-state index in [4.69, 9.17) is 9.47 Å². The van der Waals surface area contributed by atoms with Crippen LogP contribution in [0.5, 0.6) is 0 Å². The van der Waals surface area contributed by atoms with Gasteiger partial charge in [0.25, 0.3) is 11.8 Å². The minimum atomic E-state index is -0.605. The predicted molar refractivity (Wildman–Crippen MR) is 127 cm³/mol. The first kappa shape index (κ1) is 22.9. The number of hydrogen-bond acceptors (Lipinski definition) is 7. The van der Waals surface area contributed by atoms with Crippen molar-refractivity contribution in [2.24, 2.45) is 5.92 Å². The van der Waals surface area contributed by atoms with Gasteiger partial charge in [-0.15, -0.1) is 0 Å². The molecule has 2 aromatic rings. The molecule has 2 saturated heterocycles. The van der Waals surface area contributed by atoms with E-state index in [9.17, 15) is 19.2 Å². The summed E-state index contributed by atoms with van der Waals surface area (Å²) in [6, 6.07) is 14.3. The van der Waals surface area contributed by atoms with Gasteiger partial charge in [0, 0.05) is 24.5 Å². The third kappa shape index (κ3) is 4.34.